The molecule has 1 unspecified atom stereocenters. The van der Waals surface area contributed by atoms with Gasteiger partial charge in [-0.15, -0.1) is 0 Å². The zero-order valence-corrected chi connectivity index (χ0v) is 15.4. The van der Waals surface area contributed by atoms with E-state index in [9.17, 15) is 4.79 Å². The topological polar surface area (TPSA) is 65.7 Å². The van der Waals surface area contributed by atoms with E-state index < -0.39 is 0 Å². The molecule has 7 nitrogen and oxygen atoms in total. The number of hydrogen-bond donors (Lipinski definition) is 0. The summed E-state index contributed by atoms with van der Waals surface area (Å²) in [6, 6.07) is 11.6. The van der Waals surface area contributed by atoms with Crippen molar-refractivity contribution in [1.82, 2.24) is 14.9 Å². The molecule has 140 valence electrons. The molecule has 7 heteroatoms. The van der Waals surface area contributed by atoms with Crippen LogP contribution >= 0.6 is 0 Å². The van der Waals surface area contributed by atoms with E-state index in [1.807, 2.05) is 43.3 Å². The number of piperazine rings is 1. The first-order valence-electron chi connectivity index (χ1n) is 9.21. The number of fused-ring (bicyclic) bond motifs is 1. The fourth-order valence-electron chi connectivity index (χ4n) is 3.51. The third kappa shape index (κ3) is 3.78. The van der Waals surface area contributed by atoms with Crippen LogP contribution in [0, 0.1) is 0 Å². The number of hydrogen-bond acceptors (Lipinski definition) is 6. The van der Waals surface area contributed by atoms with Gasteiger partial charge < -0.3 is 9.32 Å². The monoisotopic (exact) mass is 365 g/mol. The van der Waals surface area contributed by atoms with Crippen molar-refractivity contribution in [2.45, 2.75) is 13.0 Å². The van der Waals surface area contributed by atoms with Gasteiger partial charge in [-0.05, 0) is 19.1 Å². The van der Waals surface area contributed by atoms with Crippen LogP contribution in [0.4, 0.5) is 11.8 Å². The Kier molecular flexibility index (Phi) is 5.02. The number of amides is 1. The minimum atomic E-state index is 0.0163. The minimum Gasteiger partial charge on any atom is -0.440 e. The van der Waals surface area contributed by atoms with E-state index in [0.717, 1.165) is 56.1 Å². The first-order chi connectivity index (χ1) is 13.2. The minimum absolute atomic E-state index is 0.0163. The van der Waals surface area contributed by atoms with E-state index in [-0.39, 0.29) is 6.04 Å². The molecule has 0 bridgehead atoms. The normalized spacial score (nSPS) is 16.4. The van der Waals surface area contributed by atoms with Crippen molar-refractivity contribution in [2.24, 2.45) is 0 Å². The highest BCUT2D eigenvalue weighted by atomic mass is 16.4. The second-order valence-corrected chi connectivity index (χ2v) is 6.82. The molecule has 1 amide bonds. The summed E-state index contributed by atoms with van der Waals surface area (Å²) in [4.78, 5) is 26.6. The number of rotatable bonds is 6. The summed E-state index contributed by atoms with van der Waals surface area (Å²) in [6.07, 6.45) is 4.40. The van der Waals surface area contributed by atoms with Crippen LogP contribution in [0.1, 0.15) is 6.92 Å². The number of carbonyl (C=O) groups is 1. The summed E-state index contributed by atoms with van der Waals surface area (Å²) in [6.45, 7) is 6.42. The number of anilines is 2. The average molecular weight is 365 g/mol. The standard InChI is InChI=1S/C20H23N5O2/c1-16(25(15-26)19-13-17-5-2-3-6-18(17)27-19)14-23-9-11-24(12-10-23)20-21-7-4-8-22-20/h2-8,13,15-16H,9-12,14H2,1H3. The van der Waals surface area contributed by atoms with Crippen molar-refractivity contribution in [2.75, 3.05) is 42.5 Å². The summed E-state index contributed by atoms with van der Waals surface area (Å²) in [5.74, 6) is 1.37. The second kappa shape index (κ2) is 7.75. The Morgan fingerprint density at radius 1 is 1.15 bits per heavy atom. The van der Waals surface area contributed by atoms with E-state index in [0.29, 0.717) is 5.88 Å². The van der Waals surface area contributed by atoms with E-state index in [4.69, 9.17) is 4.42 Å². The van der Waals surface area contributed by atoms with Crippen molar-refractivity contribution in [3.05, 3.63) is 48.8 Å². The summed E-state index contributed by atoms with van der Waals surface area (Å²) >= 11 is 0. The Bertz CT molecular complexity index is 857. The largest absolute Gasteiger partial charge is 0.440 e. The second-order valence-electron chi connectivity index (χ2n) is 6.82. The maximum Gasteiger partial charge on any atom is 0.225 e. The first kappa shape index (κ1) is 17.5. The molecule has 1 aliphatic rings. The molecule has 0 saturated carbocycles. The molecule has 1 aliphatic heterocycles. The molecule has 0 spiro atoms. The lowest BCUT2D eigenvalue weighted by Crippen LogP contribution is -2.51. The van der Waals surface area contributed by atoms with Crippen LogP contribution in [0.3, 0.4) is 0 Å². The Labute approximate surface area is 158 Å². The lowest BCUT2D eigenvalue weighted by Gasteiger charge is -2.37. The van der Waals surface area contributed by atoms with Crippen molar-refractivity contribution in [3.63, 3.8) is 0 Å². The third-order valence-corrected chi connectivity index (χ3v) is 4.99. The molecule has 0 N–H and O–H groups in total. The van der Waals surface area contributed by atoms with Crippen molar-refractivity contribution >= 4 is 29.2 Å². The van der Waals surface area contributed by atoms with E-state index >= 15 is 0 Å². The van der Waals surface area contributed by atoms with Gasteiger partial charge in [-0.1, -0.05) is 18.2 Å². The van der Waals surface area contributed by atoms with Gasteiger partial charge in [0.25, 0.3) is 0 Å². The van der Waals surface area contributed by atoms with Gasteiger partial charge in [-0.25, -0.2) is 9.97 Å². The molecular weight excluding hydrogens is 342 g/mol. The zero-order valence-electron chi connectivity index (χ0n) is 15.4. The van der Waals surface area contributed by atoms with Crippen LogP contribution in [0.25, 0.3) is 11.0 Å². The summed E-state index contributed by atoms with van der Waals surface area (Å²) in [5.41, 5.74) is 0.794. The van der Waals surface area contributed by atoms with E-state index in [1.165, 1.54) is 0 Å². The van der Waals surface area contributed by atoms with Gasteiger partial charge >= 0.3 is 0 Å². The molecule has 0 radical (unpaired) electrons. The van der Waals surface area contributed by atoms with Gasteiger partial charge in [-0.3, -0.25) is 14.6 Å². The molecule has 0 aliphatic carbocycles. The number of aromatic nitrogens is 2. The lowest BCUT2D eigenvalue weighted by molar-refractivity contribution is -0.108. The number of furan rings is 1. The highest BCUT2D eigenvalue weighted by Crippen LogP contribution is 2.26. The van der Waals surface area contributed by atoms with Gasteiger partial charge in [0, 0.05) is 62.6 Å². The van der Waals surface area contributed by atoms with Gasteiger partial charge in [0.15, 0.2) is 0 Å². The molecule has 1 fully saturated rings. The smallest absolute Gasteiger partial charge is 0.225 e. The zero-order chi connectivity index (χ0) is 18.6. The van der Waals surface area contributed by atoms with Crippen LogP contribution in [0.2, 0.25) is 0 Å². The van der Waals surface area contributed by atoms with Crippen molar-refractivity contribution < 1.29 is 9.21 Å². The molecule has 4 rings (SSSR count). The summed E-state index contributed by atoms with van der Waals surface area (Å²) < 4.78 is 5.86. The third-order valence-electron chi connectivity index (χ3n) is 4.99. The van der Waals surface area contributed by atoms with Gasteiger partial charge in [-0.2, -0.15) is 0 Å². The number of nitrogens with zero attached hydrogens (tertiary/aromatic N) is 5. The molecule has 2 aromatic heterocycles. The van der Waals surface area contributed by atoms with Crippen LogP contribution in [0.5, 0.6) is 0 Å². The van der Waals surface area contributed by atoms with E-state index in [2.05, 4.69) is 19.8 Å². The fraction of sp³-hybridized carbons (Fsp3) is 0.350. The van der Waals surface area contributed by atoms with Crippen LogP contribution < -0.4 is 9.80 Å². The van der Waals surface area contributed by atoms with Crippen molar-refractivity contribution in [1.29, 1.82) is 0 Å². The highest BCUT2D eigenvalue weighted by Gasteiger charge is 2.24. The Balaban J connectivity index is 1.38. The fourth-order valence-corrected chi connectivity index (χ4v) is 3.51. The molecule has 3 heterocycles. The maximum atomic E-state index is 11.7. The number of benzene rings is 1. The van der Waals surface area contributed by atoms with Crippen LogP contribution in [0.15, 0.2) is 53.2 Å². The molecule has 3 aromatic rings. The molecule has 27 heavy (non-hydrogen) atoms. The van der Waals surface area contributed by atoms with Gasteiger partial charge in [0.05, 0.1) is 0 Å². The number of carbonyl (C=O) groups excluding carboxylic acids is 1. The van der Waals surface area contributed by atoms with Crippen molar-refractivity contribution in [3.8, 4) is 0 Å². The quantitative estimate of drug-likeness (QED) is 0.625. The Hall–Kier alpha value is -2.93. The Morgan fingerprint density at radius 2 is 1.89 bits per heavy atom. The lowest BCUT2D eigenvalue weighted by atomic mass is 10.2. The van der Waals surface area contributed by atoms with Crippen LogP contribution in [-0.4, -0.2) is 60.0 Å². The summed E-state index contributed by atoms with van der Waals surface area (Å²) in [5, 5.41) is 1.00. The first-order valence-corrected chi connectivity index (χ1v) is 9.21. The maximum absolute atomic E-state index is 11.7. The summed E-state index contributed by atoms with van der Waals surface area (Å²) in [7, 11) is 0. The predicted molar refractivity (Wildman–Crippen MR) is 105 cm³/mol. The van der Waals surface area contributed by atoms with Crippen LogP contribution in [-0.2, 0) is 4.79 Å². The highest BCUT2D eigenvalue weighted by molar-refractivity contribution is 5.84. The average Bonchev–Trinajstić information content (AvgIpc) is 3.13. The molecule has 1 saturated heterocycles. The Morgan fingerprint density at radius 3 is 2.59 bits per heavy atom. The molecule has 1 aromatic carbocycles. The predicted octanol–water partition coefficient (Wildman–Crippen LogP) is 2.40. The van der Waals surface area contributed by atoms with Gasteiger partial charge in [0.1, 0.15) is 5.58 Å². The van der Waals surface area contributed by atoms with Gasteiger partial charge in [0.2, 0.25) is 18.2 Å². The van der Waals surface area contributed by atoms with E-state index in [1.54, 1.807) is 17.3 Å². The number of para-hydroxylation sites is 1. The SMILES string of the molecule is CC(CN1CCN(c2ncccn2)CC1)N(C=O)c1cc2ccccc2o1. The molecular formula is C20H23N5O2. The molecule has 1 atom stereocenters.